The molecule has 3 aromatic carbocycles. The van der Waals surface area contributed by atoms with E-state index in [9.17, 15) is 18.0 Å². The summed E-state index contributed by atoms with van der Waals surface area (Å²) in [6.07, 6.45) is 0.274. The van der Waals surface area contributed by atoms with Gasteiger partial charge in [0.1, 0.15) is 0 Å². The summed E-state index contributed by atoms with van der Waals surface area (Å²) < 4.78 is 40.1. The van der Waals surface area contributed by atoms with E-state index in [1.54, 1.807) is 44.2 Å². The van der Waals surface area contributed by atoms with Gasteiger partial charge in [0.05, 0.1) is 18.1 Å². The molecule has 1 aliphatic carbocycles. The standard InChI is InChI=1S/C32H38N2O6S/c1-5-33(6-2)19-26-24-16-12-13-22-17-32(30(35)39-7-3,31(36)40-8-4)18-25(29(22)24)27-20-34(21-28(26)27)41(37,38)23-14-10-9-11-15-23/h9-16H,5-8,17-21H2,1-4H3. The molecule has 0 saturated heterocycles. The van der Waals surface area contributed by atoms with E-state index in [1.807, 2.05) is 12.1 Å². The van der Waals surface area contributed by atoms with E-state index in [-0.39, 0.29) is 44.0 Å². The Balaban J connectivity index is 1.74. The zero-order valence-corrected chi connectivity index (χ0v) is 25.1. The van der Waals surface area contributed by atoms with Crippen LogP contribution < -0.4 is 0 Å². The Bertz CT molecular complexity index is 1560. The second-order valence-corrected chi connectivity index (χ2v) is 12.6. The second kappa shape index (κ2) is 11.5. The van der Waals surface area contributed by atoms with Crippen LogP contribution in [0.25, 0.3) is 10.8 Å². The van der Waals surface area contributed by atoms with Gasteiger partial charge in [-0.15, -0.1) is 0 Å². The van der Waals surface area contributed by atoms with Gasteiger partial charge >= 0.3 is 11.9 Å². The Morgan fingerprint density at radius 1 is 0.829 bits per heavy atom. The molecule has 41 heavy (non-hydrogen) atoms. The molecule has 1 aliphatic heterocycles. The molecule has 0 fully saturated rings. The van der Waals surface area contributed by atoms with Gasteiger partial charge in [-0.25, -0.2) is 8.42 Å². The highest BCUT2D eigenvalue weighted by molar-refractivity contribution is 7.89. The van der Waals surface area contributed by atoms with Gasteiger partial charge < -0.3 is 9.47 Å². The summed E-state index contributed by atoms with van der Waals surface area (Å²) in [7, 11) is -3.78. The molecule has 0 amide bonds. The maximum absolute atomic E-state index is 13.8. The number of rotatable bonds is 10. The zero-order valence-electron chi connectivity index (χ0n) is 24.2. The number of benzene rings is 3. The lowest BCUT2D eigenvalue weighted by Crippen LogP contribution is -2.47. The Morgan fingerprint density at radius 2 is 1.46 bits per heavy atom. The number of ether oxygens (including phenoxy) is 2. The van der Waals surface area contributed by atoms with Crippen LogP contribution in [0.4, 0.5) is 0 Å². The fourth-order valence-electron chi connectivity index (χ4n) is 6.38. The molecule has 9 heteroatoms. The van der Waals surface area contributed by atoms with E-state index in [1.165, 1.54) is 4.31 Å². The lowest BCUT2D eigenvalue weighted by atomic mass is 9.68. The molecule has 8 nitrogen and oxygen atoms in total. The van der Waals surface area contributed by atoms with Gasteiger partial charge in [-0.2, -0.15) is 4.31 Å². The minimum atomic E-state index is -3.78. The van der Waals surface area contributed by atoms with Gasteiger partial charge in [0, 0.05) is 32.5 Å². The molecule has 0 unspecified atom stereocenters. The van der Waals surface area contributed by atoms with Crippen molar-refractivity contribution < 1.29 is 27.5 Å². The van der Waals surface area contributed by atoms with Crippen LogP contribution >= 0.6 is 0 Å². The summed E-state index contributed by atoms with van der Waals surface area (Å²) in [6.45, 7) is 10.7. The summed E-state index contributed by atoms with van der Waals surface area (Å²) in [5.41, 5.74) is 3.12. The molecule has 0 atom stereocenters. The van der Waals surface area contributed by atoms with E-state index in [4.69, 9.17) is 9.47 Å². The highest BCUT2D eigenvalue weighted by atomic mass is 32.2. The van der Waals surface area contributed by atoms with Crippen LogP contribution in [0.2, 0.25) is 0 Å². The molecule has 0 spiro atoms. The van der Waals surface area contributed by atoms with Crippen molar-refractivity contribution in [2.45, 2.75) is 65.1 Å². The fraction of sp³-hybridized carbons (Fsp3) is 0.438. The number of sulfonamides is 1. The number of hydrogen-bond donors (Lipinski definition) is 0. The van der Waals surface area contributed by atoms with Crippen molar-refractivity contribution in [1.29, 1.82) is 0 Å². The Kier molecular flexibility index (Phi) is 8.23. The third kappa shape index (κ3) is 4.94. The maximum Gasteiger partial charge on any atom is 0.324 e. The predicted molar refractivity (Wildman–Crippen MR) is 157 cm³/mol. The smallest absolute Gasteiger partial charge is 0.324 e. The Morgan fingerprint density at radius 3 is 2.07 bits per heavy atom. The third-order valence-corrected chi connectivity index (χ3v) is 10.3. The predicted octanol–water partition coefficient (Wildman–Crippen LogP) is 4.60. The average molecular weight is 579 g/mol. The SMILES string of the molecule is CCOC(=O)C1(C(=O)OCC)Cc2cccc3c(CN(CC)CC)c4c(c(c23)C1)CN(S(=O)(=O)c1ccccc1)C4. The van der Waals surface area contributed by atoms with Crippen LogP contribution in [-0.4, -0.2) is 55.9 Å². The number of nitrogens with zero attached hydrogens (tertiary/aromatic N) is 2. The van der Waals surface area contributed by atoms with Crippen molar-refractivity contribution in [3.8, 4) is 0 Å². The van der Waals surface area contributed by atoms with Crippen molar-refractivity contribution in [2.24, 2.45) is 5.41 Å². The lowest BCUT2D eigenvalue weighted by Gasteiger charge is -2.36. The van der Waals surface area contributed by atoms with Crippen LogP contribution in [0.3, 0.4) is 0 Å². The monoisotopic (exact) mass is 578 g/mol. The summed E-state index contributed by atoms with van der Waals surface area (Å²) >= 11 is 0. The molecule has 3 aromatic rings. The van der Waals surface area contributed by atoms with Crippen molar-refractivity contribution in [2.75, 3.05) is 26.3 Å². The molecule has 218 valence electrons. The molecular formula is C32H38N2O6S. The van der Waals surface area contributed by atoms with E-state index < -0.39 is 27.4 Å². The number of fused-ring (bicyclic) bond motifs is 2. The Hall–Kier alpha value is -3.27. The van der Waals surface area contributed by atoms with Crippen LogP contribution in [0, 0.1) is 5.41 Å². The van der Waals surface area contributed by atoms with Crippen LogP contribution in [0.15, 0.2) is 53.4 Å². The molecule has 0 radical (unpaired) electrons. The minimum absolute atomic E-state index is 0.102. The molecular weight excluding hydrogens is 540 g/mol. The van der Waals surface area contributed by atoms with Crippen LogP contribution in [0.1, 0.15) is 55.5 Å². The van der Waals surface area contributed by atoms with Gasteiger partial charge in [-0.3, -0.25) is 14.5 Å². The molecule has 1 heterocycles. The summed E-state index contributed by atoms with van der Waals surface area (Å²) in [5.74, 6) is -1.21. The highest BCUT2D eigenvalue weighted by Gasteiger charge is 2.52. The molecule has 0 bridgehead atoms. The van der Waals surface area contributed by atoms with Crippen molar-refractivity contribution >= 4 is 32.7 Å². The normalized spacial score (nSPS) is 16.1. The first-order valence-corrected chi connectivity index (χ1v) is 15.8. The lowest BCUT2D eigenvalue weighted by molar-refractivity contribution is -0.172. The number of esters is 2. The number of hydrogen-bond acceptors (Lipinski definition) is 7. The number of carbonyl (C=O) groups is 2. The molecule has 0 saturated carbocycles. The Labute approximate surface area is 242 Å². The van der Waals surface area contributed by atoms with E-state index >= 15 is 0 Å². The van der Waals surface area contributed by atoms with E-state index in [0.717, 1.165) is 51.7 Å². The average Bonchev–Trinajstić information content (AvgIpc) is 3.44. The third-order valence-electron chi connectivity index (χ3n) is 8.50. The zero-order chi connectivity index (χ0) is 29.4. The molecule has 5 rings (SSSR count). The molecule has 0 N–H and O–H groups in total. The molecule has 2 aliphatic rings. The highest BCUT2D eigenvalue weighted by Crippen LogP contribution is 2.47. The number of carbonyl (C=O) groups excluding carboxylic acids is 2. The first-order valence-electron chi connectivity index (χ1n) is 14.4. The van der Waals surface area contributed by atoms with Gasteiger partial charge in [-0.1, -0.05) is 50.2 Å². The maximum atomic E-state index is 13.8. The van der Waals surface area contributed by atoms with E-state index in [0.29, 0.717) is 6.54 Å². The van der Waals surface area contributed by atoms with Crippen LogP contribution in [-0.2, 0) is 61.6 Å². The quantitative estimate of drug-likeness (QED) is 0.257. The first kappa shape index (κ1) is 29.2. The fourth-order valence-corrected chi connectivity index (χ4v) is 7.78. The van der Waals surface area contributed by atoms with Crippen molar-refractivity contribution in [3.05, 3.63) is 76.3 Å². The second-order valence-electron chi connectivity index (χ2n) is 10.7. The topological polar surface area (TPSA) is 93.2 Å². The van der Waals surface area contributed by atoms with Crippen molar-refractivity contribution in [1.82, 2.24) is 9.21 Å². The summed E-state index contributed by atoms with van der Waals surface area (Å²) in [5, 5.41) is 2.06. The van der Waals surface area contributed by atoms with Gasteiger partial charge in [0.2, 0.25) is 10.0 Å². The van der Waals surface area contributed by atoms with Gasteiger partial charge in [0.15, 0.2) is 5.41 Å². The van der Waals surface area contributed by atoms with Crippen molar-refractivity contribution in [3.63, 3.8) is 0 Å². The minimum Gasteiger partial charge on any atom is -0.465 e. The van der Waals surface area contributed by atoms with Gasteiger partial charge in [0.25, 0.3) is 0 Å². The van der Waals surface area contributed by atoms with Crippen LogP contribution in [0.5, 0.6) is 0 Å². The first-order chi connectivity index (χ1) is 19.7. The van der Waals surface area contributed by atoms with Gasteiger partial charge in [-0.05, 0) is 77.7 Å². The molecule has 0 aromatic heterocycles. The summed E-state index contributed by atoms with van der Waals surface area (Å²) in [6, 6.07) is 14.5. The summed E-state index contributed by atoms with van der Waals surface area (Å²) in [4.78, 5) is 29.6. The van der Waals surface area contributed by atoms with E-state index in [2.05, 4.69) is 24.8 Å². The largest absolute Gasteiger partial charge is 0.465 e.